The molecule has 0 heterocycles. The van der Waals surface area contributed by atoms with Crippen molar-refractivity contribution < 1.29 is 4.79 Å². The van der Waals surface area contributed by atoms with Crippen LogP contribution in [0.25, 0.3) is 0 Å². The lowest BCUT2D eigenvalue weighted by Crippen LogP contribution is -2.47. The Balaban J connectivity index is 0. The summed E-state index contributed by atoms with van der Waals surface area (Å²) < 4.78 is 0. The molecule has 18 heavy (non-hydrogen) atoms. The predicted molar refractivity (Wildman–Crippen MR) is 87.5 cm³/mol. The van der Waals surface area contributed by atoms with Crippen LogP contribution < -0.4 is 16.0 Å². The van der Waals surface area contributed by atoms with Crippen molar-refractivity contribution in [1.29, 1.82) is 0 Å². The number of guanidine groups is 1. The fourth-order valence-electron chi connectivity index (χ4n) is 1.24. The van der Waals surface area contributed by atoms with Gasteiger partial charge in [-0.2, -0.15) is 0 Å². The van der Waals surface area contributed by atoms with E-state index < -0.39 is 5.41 Å². The minimum absolute atomic E-state index is 0. The molecule has 0 aliphatic heterocycles. The Bertz CT molecular complexity index is 277. The summed E-state index contributed by atoms with van der Waals surface area (Å²) in [6, 6.07) is 0. The molecular formula is C12H27IN4O. The Kier molecular flexibility index (Phi) is 10.3. The van der Waals surface area contributed by atoms with E-state index in [1.54, 1.807) is 14.1 Å². The maximum atomic E-state index is 11.6. The second-order valence-corrected chi connectivity index (χ2v) is 5.16. The summed E-state index contributed by atoms with van der Waals surface area (Å²) in [5, 5.41) is 9.02. The van der Waals surface area contributed by atoms with Crippen LogP contribution in [0.1, 0.15) is 27.7 Å². The van der Waals surface area contributed by atoms with Crippen LogP contribution in [0.15, 0.2) is 4.99 Å². The van der Waals surface area contributed by atoms with Gasteiger partial charge in [0.2, 0.25) is 5.91 Å². The third-order valence-corrected chi connectivity index (χ3v) is 2.44. The number of nitrogens with zero attached hydrogens (tertiary/aromatic N) is 1. The zero-order chi connectivity index (χ0) is 13.5. The minimum Gasteiger partial charge on any atom is -0.359 e. The van der Waals surface area contributed by atoms with E-state index in [1.165, 1.54) is 0 Å². The van der Waals surface area contributed by atoms with Crippen LogP contribution in [0.4, 0.5) is 0 Å². The molecule has 0 rings (SSSR count). The van der Waals surface area contributed by atoms with Gasteiger partial charge in [0.15, 0.2) is 5.96 Å². The van der Waals surface area contributed by atoms with Crippen LogP contribution in [-0.2, 0) is 4.79 Å². The molecule has 6 heteroatoms. The Labute approximate surface area is 128 Å². The first-order chi connectivity index (χ1) is 7.83. The van der Waals surface area contributed by atoms with Crippen LogP contribution >= 0.6 is 24.0 Å². The Morgan fingerprint density at radius 2 is 1.83 bits per heavy atom. The van der Waals surface area contributed by atoms with Crippen LogP contribution in [0.5, 0.6) is 0 Å². The van der Waals surface area contributed by atoms with Gasteiger partial charge in [0, 0.05) is 27.2 Å². The molecule has 3 N–H and O–H groups in total. The third kappa shape index (κ3) is 7.73. The summed E-state index contributed by atoms with van der Waals surface area (Å²) in [4.78, 5) is 15.7. The van der Waals surface area contributed by atoms with E-state index in [1.807, 2.05) is 13.8 Å². The molecule has 0 saturated carbocycles. The first-order valence-electron chi connectivity index (χ1n) is 6.00. The SMILES string of the molecule is CN=C(NCC(C)C)NCC(C)(C)C(=O)NC.I. The summed E-state index contributed by atoms with van der Waals surface area (Å²) in [5.41, 5.74) is -0.454. The van der Waals surface area contributed by atoms with Crippen LogP contribution in [0, 0.1) is 11.3 Å². The number of hydrogen-bond donors (Lipinski definition) is 3. The van der Waals surface area contributed by atoms with E-state index in [2.05, 4.69) is 34.8 Å². The molecule has 0 aliphatic carbocycles. The van der Waals surface area contributed by atoms with E-state index >= 15 is 0 Å². The lowest BCUT2D eigenvalue weighted by Gasteiger charge is -2.24. The van der Waals surface area contributed by atoms with Gasteiger partial charge in [-0.3, -0.25) is 9.79 Å². The van der Waals surface area contributed by atoms with Crippen LogP contribution in [0.3, 0.4) is 0 Å². The van der Waals surface area contributed by atoms with E-state index in [9.17, 15) is 4.79 Å². The van der Waals surface area contributed by atoms with Crippen molar-refractivity contribution in [1.82, 2.24) is 16.0 Å². The molecule has 0 atom stereocenters. The van der Waals surface area contributed by atoms with Gasteiger partial charge >= 0.3 is 0 Å². The molecular weight excluding hydrogens is 343 g/mol. The summed E-state index contributed by atoms with van der Waals surface area (Å²) in [6.45, 7) is 9.47. The second-order valence-electron chi connectivity index (χ2n) is 5.16. The van der Waals surface area contributed by atoms with Gasteiger partial charge < -0.3 is 16.0 Å². The van der Waals surface area contributed by atoms with Gasteiger partial charge in [0.25, 0.3) is 0 Å². The van der Waals surface area contributed by atoms with Crippen molar-refractivity contribution >= 4 is 35.8 Å². The highest BCUT2D eigenvalue weighted by molar-refractivity contribution is 14.0. The summed E-state index contributed by atoms with van der Waals surface area (Å²) in [5.74, 6) is 1.31. The van der Waals surface area contributed by atoms with Crippen molar-refractivity contribution in [2.24, 2.45) is 16.3 Å². The van der Waals surface area contributed by atoms with Gasteiger partial charge in [-0.25, -0.2) is 0 Å². The maximum Gasteiger partial charge on any atom is 0.227 e. The van der Waals surface area contributed by atoms with Crippen LogP contribution in [0.2, 0.25) is 0 Å². The molecule has 0 aliphatic rings. The van der Waals surface area contributed by atoms with E-state index in [0.29, 0.717) is 12.5 Å². The van der Waals surface area contributed by atoms with E-state index in [4.69, 9.17) is 0 Å². The smallest absolute Gasteiger partial charge is 0.227 e. The van der Waals surface area contributed by atoms with Crippen molar-refractivity contribution in [3.05, 3.63) is 0 Å². The standard InChI is InChI=1S/C12H26N4O.HI/c1-9(2)7-15-11(14-6)16-8-12(3,4)10(17)13-5;/h9H,7-8H2,1-6H3,(H,13,17)(H2,14,15,16);1H. The molecule has 0 unspecified atom stereocenters. The number of amides is 1. The fourth-order valence-corrected chi connectivity index (χ4v) is 1.24. The average Bonchev–Trinajstić information content (AvgIpc) is 2.27. The average molecular weight is 370 g/mol. The number of halogens is 1. The van der Waals surface area contributed by atoms with Gasteiger partial charge in [-0.15, -0.1) is 24.0 Å². The number of carbonyl (C=O) groups excluding carboxylic acids is 1. The highest BCUT2D eigenvalue weighted by Crippen LogP contribution is 2.12. The van der Waals surface area contributed by atoms with Gasteiger partial charge in [0.1, 0.15) is 0 Å². The molecule has 0 spiro atoms. The number of rotatable bonds is 5. The topological polar surface area (TPSA) is 65.5 Å². The van der Waals surface area contributed by atoms with E-state index in [-0.39, 0.29) is 29.9 Å². The van der Waals surface area contributed by atoms with Gasteiger partial charge in [-0.1, -0.05) is 13.8 Å². The molecule has 5 nitrogen and oxygen atoms in total. The summed E-state index contributed by atoms with van der Waals surface area (Å²) in [7, 11) is 3.37. The Hall–Kier alpha value is -0.530. The molecule has 0 saturated heterocycles. The van der Waals surface area contributed by atoms with Crippen molar-refractivity contribution in [2.45, 2.75) is 27.7 Å². The summed E-state index contributed by atoms with van der Waals surface area (Å²) >= 11 is 0. The Morgan fingerprint density at radius 1 is 1.28 bits per heavy atom. The lowest BCUT2D eigenvalue weighted by molar-refractivity contribution is -0.128. The molecule has 0 fully saturated rings. The van der Waals surface area contributed by atoms with Gasteiger partial charge in [0.05, 0.1) is 5.41 Å². The summed E-state index contributed by atoms with van der Waals surface area (Å²) in [6.07, 6.45) is 0. The second kappa shape index (κ2) is 9.41. The molecule has 0 radical (unpaired) electrons. The molecule has 0 aromatic rings. The molecule has 1 amide bonds. The molecule has 0 aromatic heterocycles. The maximum absolute atomic E-state index is 11.6. The molecule has 0 bridgehead atoms. The quantitative estimate of drug-likeness (QED) is 0.387. The zero-order valence-electron chi connectivity index (χ0n) is 12.3. The molecule has 108 valence electrons. The number of nitrogens with one attached hydrogen (secondary N) is 3. The van der Waals surface area contributed by atoms with Gasteiger partial charge in [-0.05, 0) is 19.8 Å². The Morgan fingerprint density at radius 3 is 2.22 bits per heavy atom. The lowest BCUT2D eigenvalue weighted by atomic mass is 9.92. The van der Waals surface area contributed by atoms with E-state index in [0.717, 1.165) is 12.5 Å². The monoisotopic (exact) mass is 370 g/mol. The zero-order valence-corrected chi connectivity index (χ0v) is 14.6. The highest BCUT2D eigenvalue weighted by Gasteiger charge is 2.26. The number of aliphatic imine (C=N–C) groups is 1. The fraction of sp³-hybridized carbons (Fsp3) is 0.833. The first-order valence-corrected chi connectivity index (χ1v) is 6.00. The first kappa shape index (κ1) is 19.8. The van der Waals surface area contributed by atoms with Crippen molar-refractivity contribution in [3.63, 3.8) is 0 Å². The highest BCUT2D eigenvalue weighted by atomic mass is 127. The normalized spacial score (nSPS) is 11.8. The van der Waals surface area contributed by atoms with Crippen LogP contribution in [-0.4, -0.2) is 39.1 Å². The number of carbonyl (C=O) groups is 1. The third-order valence-electron chi connectivity index (χ3n) is 2.44. The predicted octanol–water partition coefficient (Wildman–Crippen LogP) is 1.20. The largest absolute Gasteiger partial charge is 0.359 e. The number of hydrogen-bond acceptors (Lipinski definition) is 2. The van der Waals surface area contributed by atoms with Crippen molar-refractivity contribution in [2.75, 3.05) is 27.2 Å². The molecule has 0 aromatic carbocycles. The minimum atomic E-state index is -0.454. The van der Waals surface area contributed by atoms with Crippen molar-refractivity contribution in [3.8, 4) is 0 Å².